The molecule has 0 heterocycles. The maximum Gasteiger partial charge on any atom is 0.251 e. The number of carboxylic acids is 1. The number of carbonyl (C=O) groups is 2. The lowest BCUT2D eigenvalue weighted by Crippen LogP contribution is -2.47. The normalized spacial score (nSPS) is 11.9. The summed E-state index contributed by atoms with van der Waals surface area (Å²) < 4.78 is 6.14. The van der Waals surface area contributed by atoms with Crippen molar-refractivity contribution in [2.75, 3.05) is 6.54 Å². The Hall–Kier alpha value is -1.61. The van der Waals surface area contributed by atoms with Crippen molar-refractivity contribution < 1.29 is 19.1 Å². The zero-order valence-electron chi connectivity index (χ0n) is 14.1. The second-order valence-electron chi connectivity index (χ2n) is 7.20. The number of benzene rings is 1. The molecule has 0 bridgehead atoms. The standard InChI is InChI=1S/C15H25NO4Si2/c1-21(2,3)14-11(15(19)16-10-13(17)18)8-7-9-12(14)20-22(4,5)6/h7-9H,10H2,1-6H3,(H,16,19)(H,17,18)/p-1. The van der Waals surface area contributed by atoms with E-state index in [4.69, 9.17) is 4.43 Å². The summed E-state index contributed by atoms with van der Waals surface area (Å²) >= 11 is 0. The van der Waals surface area contributed by atoms with Gasteiger partial charge in [0.2, 0.25) is 8.32 Å². The number of carbonyl (C=O) groups excluding carboxylic acids is 2. The number of carboxylic acid groups (broad SMARTS) is 1. The van der Waals surface area contributed by atoms with Crippen molar-refractivity contribution in [1.82, 2.24) is 5.32 Å². The van der Waals surface area contributed by atoms with E-state index in [1.165, 1.54) is 0 Å². The molecule has 1 rings (SSSR count). The zero-order chi connectivity index (χ0) is 17.1. The maximum absolute atomic E-state index is 12.3. The lowest BCUT2D eigenvalue weighted by Gasteiger charge is -2.28. The molecule has 1 aromatic carbocycles. The van der Waals surface area contributed by atoms with Gasteiger partial charge in [-0.25, -0.2) is 0 Å². The Labute approximate surface area is 133 Å². The van der Waals surface area contributed by atoms with Gasteiger partial charge >= 0.3 is 0 Å². The van der Waals surface area contributed by atoms with Gasteiger partial charge in [-0.1, -0.05) is 25.7 Å². The Morgan fingerprint density at radius 2 is 1.73 bits per heavy atom. The second kappa shape index (κ2) is 6.66. The molecule has 0 fully saturated rings. The summed E-state index contributed by atoms with van der Waals surface area (Å²) in [6.45, 7) is 12.2. The highest BCUT2D eigenvalue weighted by Crippen LogP contribution is 2.21. The zero-order valence-corrected chi connectivity index (χ0v) is 16.1. The van der Waals surface area contributed by atoms with E-state index in [0.29, 0.717) is 5.56 Å². The number of hydrogen-bond donors (Lipinski definition) is 1. The molecular weight excluding hydrogens is 314 g/mol. The van der Waals surface area contributed by atoms with E-state index < -0.39 is 34.8 Å². The highest BCUT2D eigenvalue weighted by atomic mass is 28.4. The first-order chi connectivity index (χ1) is 9.92. The van der Waals surface area contributed by atoms with Crippen molar-refractivity contribution in [3.63, 3.8) is 0 Å². The van der Waals surface area contributed by atoms with Gasteiger partial charge in [0.25, 0.3) is 5.91 Å². The summed E-state index contributed by atoms with van der Waals surface area (Å²) in [4.78, 5) is 22.8. The Morgan fingerprint density at radius 1 is 1.14 bits per heavy atom. The quantitative estimate of drug-likeness (QED) is 0.783. The summed E-state index contributed by atoms with van der Waals surface area (Å²) in [5, 5.41) is 13.8. The Bertz CT molecular complexity index is 574. The molecule has 1 aromatic rings. The van der Waals surface area contributed by atoms with Crippen LogP contribution < -0.4 is 20.0 Å². The predicted octanol–water partition coefficient (Wildman–Crippen LogP) is 0.925. The van der Waals surface area contributed by atoms with Crippen LogP contribution in [0.1, 0.15) is 10.4 Å². The minimum atomic E-state index is -1.87. The SMILES string of the molecule is C[Si](C)(C)Oc1cccc(C(=O)NCC(=O)[O-])c1[Si](C)(C)C. The van der Waals surface area contributed by atoms with E-state index in [1.807, 2.05) is 6.07 Å². The number of nitrogens with one attached hydrogen (secondary N) is 1. The van der Waals surface area contributed by atoms with Gasteiger partial charge in [-0.3, -0.25) is 4.79 Å². The lowest BCUT2D eigenvalue weighted by atomic mass is 10.2. The van der Waals surface area contributed by atoms with E-state index in [1.54, 1.807) is 12.1 Å². The molecule has 0 atom stereocenters. The van der Waals surface area contributed by atoms with Gasteiger partial charge in [0, 0.05) is 5.56 Å². The summed E-state index contributed by atoms with van der Waals surface area (Å²) in [5.41, 5.74) is 0.496. The second-order valence-corrected chi connectivity index (χ2v) is 16.6. The van der Waals surface area contributed by atoms with Gasteiger partial charge < -0.3 is 19.6 Å². The van der Waals surface area contributed by atoms with Crippen molar-refractivity contribution in [2.45, 2.75) is 39.3 Å². The van der Waals surface area contributed by atoms with Crippen LogP contribution in [-0.2, 0) is 4.79 Å². The average Bonchev–Trinajstić information content (AvgIpc) is 2.32. The molecule has 0 aliphatic heterocycles. The minimum absolute atomic E-state index is 0.400. The molecule has 22 heavy (non-hydrogen) atoms. The molecule has 0 aromatic heterocycles. The van der Waals surface area contributed by atoms with E-state index in [9.17, 15) is 14.7 Å². The summed E-state index contributed by atoms with van der Waals surface area (Å²) in [6.07, 6.45) is 0. The minimum Gasteiger partial charge on any atom is -0.548 e. The van der Waals surface area contributed by atoms with Crippen molar-refractivity contribution in [2.24, 2.45) is 0 Å². The van der Waals surface area contributed by atoms with E-state index in [-0.39, 0.29) is 0 Å². The molecular formula is C15H24NO4Si2-. The molecule has 1 N–H and O–H groups in total. The summed E-state index contributed by atoms with van der Waals surface area (Å²) in [5.74, 6) is -0.959. The summed E-state index contributed by atoms with van der Waals surface area (Å²) in [7, 11) is -3.68. The lowest BCUT2D eigenvalue weighted by molar-refractivity contribution is -0.303. The van der Waals surface area contributed by atoms with Crippen LogP contribution in [0.2, 0.25) is 39.3 Å². The van der Waals surface area contributed by atoms with Crippen LogP contribution in [0.5, 0.6) is 5.75 Å². The van der Waals surface area contributed by atoms with E-state index >= 15 is 0 Å². The fraction of sp³-hybridized carbons (Fsp3) is 0.467. The van der Waals surface area contributed by atoms with Crippen molar-refractivity contribution in [1.29, 1.82) is 0 Å². The van der Waals surface area contributed by atoms with Gasteiger partial charge in [0.15, 0.2) is 0 Å². The third kappa shape index (κ3) is 5.30. The van der Waals surface area contributed by atoms with E-state index in [0.717, 1.165) is 10.9 Å². The van der Waals surface area contributed by atoms with Gasteiger partial charge in [-0.05, 0) is 37.0 Å². The number of aliphatic carboxylic acids is 1. The monoisotopic (exact) mass is 338 g/mol. The molecule has 1 amide bonds. The number of hydrogen-bond acceptors (Lipinski definition) is 4. The van der Waals surface area contributed by atoms with Crippen LogP contribution in [0.15, 0.2) is 18.2 Å². The van der Waals surface area contributed by atoms with Crippen LogP contribution in [0.4, 0.5) is 0 Å². The Balaban J connectivity index is 3.30. The molecule has 0 aliphatic carbocycles. The van der Waals surface area contributed by atoms with Crippen LogP contribution in [-0.4, -0.2) is 34.8 Å². The molecule has 0 radical (unpaired) electrons. The molecule has 5 nitrogen and oxygen atoms in total. The fourth-order valence-electron chi connectivity index (χ4n) is 2.16. The van der Waals surface area contributed by atoms with Crippen molar-refractivity contribution >= 4 is 33.5 Å². The molecule has 0 spiro atoms. The molecule has 122 valence electrons. The van der Waals surface area contributed by atoms with Crippen LogP contribution in [0.25, 0.3) is 0 Å². The number of rotatable bonds is 6. The third-order valence-electron chi connectivity index (χ3n) is 2.83. The third-order valence-corrected chi connectivity index (χ3v) is 5.68. The first kappa shape index (κ1) is 18.4. The molecule has 0 unspecified atom stereocenters. The highest BCUT2D eigenvalue weighted by Gasteiger charge is 2.29. The van der Waals surface area contributed by atoms with Crippen LogP contribution in [0, 0.1) is 0 Å². The highest BCUT2D eigenvalue weighted by molar-refractivity contribution is 6.90. The van der Waals surface area contributed by atoms with Gasteiger partial charge in [0.1, 0.15) is 5.75 Å². The van der Waals surface area contributed by atoms with Crippen LogP contribution in [0.3, 0.4) is 0 Å². The van der Waals surface area contributed by atoms with E-state index in [2.05, 4.69) is 44.6 Å². The summed E-state index contributed by atoms with van der Waals surface area (Å²) in [6, 6.07) is 5.38. The maximum atomic E-state index is 12.3. The van der Waals surface area contributed by atoms with Crippen molar-refractivity contribution in [3.8, 4) is 5.75 Å². The first-order valence-corrected chi connectivity index (χ1v) is 14.1. The Morgan fingerprint density at radius 3 is 2.18 bits per heavy atom. The van der Waals surface area contributed by atoms with Gasteiger partial charge in [0.05, 0.1) is 20.6 Å². The Kier molecular flexibility index (Phi) is 5.58. The predicted molar refractivity (Wildman–Crippen MR) is 90.7 cm³/mol. The van der Waals surface area contributed by atoms with Gasteiger partial charge in [-0.2, -0.15) is 0 Å². The smallest absolute Gasteiger partial charge is 0.251 e. The number of amides is 1. The average molecular weight is 339 g/mol. The first-order valence-electron chi connectivity index (χ1n) is 7.22. The largest absolute Gasteiger partial charge is 0.548 e. The fourth-order valence-corrected chi connectivity index (χ4v) is 4.97. The topological polar surface area (TPSA) is 78.5 Å². The van der Waals surface area contributed by atoms with Gasteiger partial charge in [-0.15, -0.1) is 0 Å². The van der Waals surface area contributed by atoms with Crippen LogP contribution >= 0.6 is 0 Å². The molecule has 7 heteroatoms. The molecule has 0 saturated carbocycles. The van der Waals surface area contributed by atoms with Crippen molar-refractivity contribution in [3.05, 3.63) is 23.8 Å². The molecule has 0 saturated heterocycles. The molecule has 0 aliphatic rings.